The number of anilines is 2. The van der Waals surface area contributed by atoms with Gasteiger partial charge in [-0.15, -0.1) is 11.3 Å². The average Bonchev–Trinajstić information content (AvgIpc) is 2.94. The van der Waals surface area contributed by atoms with Crippen LogP contribution in [0.2, 0.25) is 0 Å². The summed E-state index contributed by atoms with van der Waals surface area (Å²) in [6.07, 6.45) is 0. The van der Waals surface area contributed by atoms with Gasteiger partial charge in [0.25, 0.3) is 0 Å². The average molecular weight is 262 g/mol. The van der Waals surface area contributed by atoms with E-state index in [0.29, 0.717) is 24.1 Å². The molecule has 0 aliphatic rings. The molecular formula is C10H10N6OS. The van der Waals surface area contributed by atoms with Crippen LogP contribution in [0.25, 0.3) is 10.2 Å². The summed E-state index contributed by atoms with van der Waals surface area (Å²) in [4.78, 5) is 13.3. The molecule has 0 aliphatic heterocycles. The Morgan fingerprint density at radius 3 is 3.06 bits per heavy atom. The second-order valence-corrected chi connectivity index (χ2v) is 4.55. The normalized spacial score (nSPS) is 10.9. The van der Waals surface area contributed by atoms with Crippen LogP contribution in [0.3, 0.4) is 0 Å². The molecule has 18 heavy (non-hydrogen) atoms. The summed E-state index contributed by atoms with van der Waals surface area (Å²) in [7, 11) is 0. The van der Waals surface area contributed by atoms with Crippen LogP contribution in [0.4, 0.5) is 11.8 Å². The molecule has 3 N–H and O–H groups in total. The second-order valence-electron chi connectivity index (χ2n) is 3.66. The zero-order chi connectivity index (χ0) is 12.5. The van der Waals surface area contributed by atoms with E-state index in [4.69, 9.17) is 10.3 Å². The molecule has 0 aromatic carbocycles. The SMILES string of the molecule is Cc1noc(CNc2nc(N)nc3sccc23)n1. The van der Waals surface area contributed by atoms with Crippen molar-refractivity contribution in [2.45, 2.75) is 13.5 Å². The maximum absolute atomic E-state index is 5.65. The van der Waals surface area contributed by atoms with E-state index < -0.39 is 0 Å². The highest BCUT2D eigenvalue weighted by Crippen LogP contribution is 2.25. The predicted octanol–water partition coefficient (Wildman–Crippen LogP) is 1.58. The quantitative estimate of drug-likeness (QED) is 0.738. The fourth-order valence-corrected chi connectivity index (χ4v) is 2.35. The summed E-state index contributed by atoms with van der Waals surface area (Å²) in [5, 5.41) is 9.72. The molecule has 7 nitrogen and oxygen atoms in total. The second kappa shape index (κ2) is 4.22. The van der Waals surface area contributed by atoms with Crippen LogP contribution in [0.15, 0.2) is 16.0 Å². The van der Waals surface area contributed by atoms with Gasteiger partial charge in [-0.25, -0.2) is 4.98 Å². The molecule has 3 aromatic rings. The molecule has 0 amide bonds. The first-order chi connectivity index (χ1) is 8.72. The summed E-state index contributed by atoms with van der Waals surface area (Å²) in [6, 6.07) is 1.95. The number of nitrogens with zero attached hydrogens (tertiary/aromatic N) is 4. The maximum Gasteiger partial charge on any atom is 0.245 e. The molecule has 0 fully saturated rings. The molecule has 0 saturated carbocycles. The Balaban J connectivity index is 1.87. The summed E-state index contributed by atoms with van der Waals surface area (Å²) >= 11 is 1.52. The number of hydrogen-bond donors (Lipinski definition) is 2. The summed E-state index contributed by atoms with van der Waals surface area (Å²) in [5.41, 5.74) is 5.65. The number of fused-ring (bicyclic) bond motifs is 1. The van der Waals surface area contributed by atoms with Gasteiger partial charge in [0.05, 0.1) is 11.9 Å². The van der Waals surface area contributed by atoms with Gasteiger partial charge in [0.15, 0.2) is 5.82 Å². The Morgan fingerprint density at radius 1 is 1.39 bits per heavy atom. The van der Waals surface area contributed by atoms with Gasteiger partial charge >= 0.3 is 0 Å². The van der Waals surface area contributed by atoms with Crippen molar-refractivity contribution in [2.75, 3.05) is 11.1 Å². The van der Waals surface area contributed by atoms with Crippen LogP contribution in [0, 0.1) is 6.92 Å². The zero-order valence-corrected chi connectivity index (χ0v) is 10.4. The molecule has 0 atom stereocenters. The first-order valence-corrected chi connectivity index (χ1v) is 6.14. The fourth-order valence-electron chi connectivity index (χ4n) is 1.58. The van der Waals surface area contributed by atoms with Crippen molar-refractivity contribution in [3.63, 3.8) is 0 Å². The molecular weight excluding hydrogens is 252 g/mol. The largest absolute Gasteiger partial charge is 0.368 e. The topological polar surface area (TPSA) is 103 Å². The number of nitrogen functional groups attached to an aromatic ring is 1. The molecule has 3 rings (SSSR count). The van der Waals surface area contributed by atoms with Crippen LogP contribution in [-0.4, -0.2) is 20.1 Å². The highest BCUT2D eigenvalue weighted by molar-refractivity contribution is 7.16. The van der Waals surface area contributed by atoms with E-state index in [-0.39, 0.29) is 5.95 Å². The van der Waals surface area contributed by atoms with Gasteiger partial charge in [0.1, 0.15) is 10.6 Å². The minimum Gasteiger partial charge on any atom is -0.368 e. The van der Waals surface area contributed by atoms with Crippen molar-refractivity contribution in [3.8, 4) is 0 Å². The van der Waals surface area contributed by atoms with Crippen molar-refractivity contribution < 1.29 is 4.52 Å². The first kappa shape index (κ1) is 10.9. The van der Waals surface area contributed by atoms with Gasteiger partial charge in [-0.05, 0) is 18.4 Å². The van der Waals surface area contributed by atoms with Crippen LogP contribution >= 0.6 is 11.3 Å². The van der Waals surface area contributed by atoms with Crippen molar-refractivity contribution in [1.29, 1.82) is 0 Å². The Bertz CT molecular complexity index is 691. The standard InChI is InChI=1S/C10H10N6OS/c1-5-13-7(17-16-5)4-12-8-6-2-3-18-9(6)15-10(11)14-8/h2-3H,4H2,1H3,(H3,11,12,14,15). The van der Waals surface area contributed by atoms with Crippen molar-refractivity contribution in [1.82, 2.24) is 20.1 Å². The summed E-state index contributed by atoms with van der Waals surface area (Å²) < 4.78 is 5.01. The Labute approximate surface area is 106 Å². The first-order valence-electron chi connectivity index (χ1n) is 5.26. The molecule has 3 aromatic heterocycles. The highest BCUT2D eigenvalue weighted by Gasteiger charge is 2.08. The third kappa shape index (κ3) is 1.97. The van der Waals surface area contributed by atoms with Gasteiger partial charge in [0.2, 0.25) is 11.8 Å². The predicted molar refractivity (Wildman–Crippen MR) is 68.2 cm³/mol. The molecule has 0 aliphatic carbocycles. The zero-order valence-electron chi connectivity index (χ0n) is 9.54. The Kier molecular flexibility index (Phi) is 2.56. The monoisotopic (exact) mass is 262 g/mol. The van der Waals surface area contributed by atoms with Gasteiger partial charge in [0, 0.05) is 0 Å². The van der Waals surface area contributed by atoms with Crippen LogP contribution in [0.1, 0.15) is 11.7 Å². The lowest BCUT2D eigenvalue weighted by atomic mass is 10.4. The van der Waals surface area contributed by atoms with E-state index in [1.807, 2.05) is 11.4 Å². The number of nitrogens with two attached hydrogens (primary N) is 1. The molecule has 92 valence electrons. The number of rotatable bonds is 3. The maximum atomic E-state index is 5.65. The van der Waals surface area contributed by atoms with Crippen molar-refractivity contribution in [3.05, 3.63) is 23.2 Å². The van der Waals surface area contributed by atoms with E-state index >= 15 is 0 Å². The molecule has 3 heterocycles. The van der Waals surface area contributed by atoms with Gasteiger partial charge in [-0.1, -0.05) is 5.16 Å². The van der Waals surface area contributed by atoms with Crippen LogP contribution in [-0.2, 0) is 6.54 Å². The number of hydrogen-bond acceptors (Lipinski definition) is 8. The van der Waals surface area contributed by atoms with Gasteiger partial charge in [-0.3, -0.25) is 0 Å². The van der Waals surface area contributed by atoms with E-state index in [9.17, 15) is 0 Å². The minimum absolute atomic E-state index is 0.245. The Morgan fingerprint density at radius 2 is 2.28 bits per heavy atom. The van der Waals surface area contributed by atoms with Gasteiger partial charge < -0.3 is 15.6 Å². The molecule has 0 saturated heterocycles. The smallest absolute Gasteiger partial charge is 0.245 e. The molecule has 0 spiro atoms. The lowest BCUT2D eigenvalue weighted by Gasteiger charge is -2.04. The number of aromatic nitrogens is 4. The highest BCUT2D eigenvalue weighted by atomic mass is 32.1. The third-order valence-corrected chi connectivity index (χ3v) is 3.13. The van der Waals surface area contributed by atoms with Gasteiger partial charge in [-0.2, -0.15) is 9.97 Å². The van der Waals surface area contributed by atoms with E-state index in [1.165, 1.54) is 11.3 Å². The van der Waals surface area contributed by atoms with Crippen LogP contribution < -0.4 is 11.1 Å². The molecule has 0 unspecified atom stereocenters. The molecule has 0 bridgehead atoms. The minimum atomic E-state index is 0.245. The molecule has 0 radical (unpaired) electrons. The van der Waals surface area contributed by atoms with E-state index in [0.717, 1.165) is 10.2 Å². The lowest BCUT2D eigenvalue weighted by molar-refractivity contribution is 0.379. The molecule has 8 heteroatoms. The van der Waals surface area contributed by atoms with E-state index in [1.54, 1.807) is 6.92 Å². The summed E-state index contributed by atoms with van der Waals surface area (Å²) in [6.45, 7) is 2.18. The lowest BCUT2D eigenvalue weighted by Crippen LogP contribution is -2.04. The van der Waals surface area contributed by atoms with Crippen molar-refractivity contribution in [2.24, 2.45) is 0 Å². The number of aryl methyl sites for hydroxylation is 1. The fraction of sp³-hybridized carbons (Fsp3) is 0.200. The van der Waals surface area contributed by atoms with E-state index in [2.05, 4.69) is 25.4 Å². The summed E-state index contributed by atoms with van der Waals surface area (Å²) in [5.74, 6) is 2.03. The third-order valence-electron chi connectivity index (χ3n) is 2.32. The van der Waals surface area contributed by atoms with Crippen molar-refractivity contribution >= 4 is 33.3 Å². The number of thiophene rings is 1. The van der Waals surface area contributed by atoms with Crippen LogP contribution in [0.5, 0.6) is 0 Å². The number of nitrogens with one attached hydrogen (secondary N) is 1. The Hall–Kier alpha value is -2.22.